The minimum absolute atomic E-state index is 0. The van der Waals surface area contributed by atoms with Crippen molar-refractivity contribution in [3.05, 3.63) is 280 Å². The molecule has 0 amide bonds. The molecule has 2 N–H and O–H groups in total. The number of hydrogen-bond donors (Lipinski definition) is 2. The average molecular weight is 1970 g/mol. The molecule has 0 spiro atoms. The number of carbonyl (C=O) groups excluding carboxylic acids is 2. The summed E-state index contributed by atoms with van der Waals surface area (Å²) in [6.07, 6.45) is 7.86. The van der Waals surface area contributed by atoms with Crippen LogP contribution in [0.3, 0.4) is 0 Å². The summed E-state index contributed by atoms with van der Waals surface area (Å²) in [6.45, 7) is 20.9. The Kier molecular flexibility index (Phi) is 22.3. The molecular formula is C89H90GeIr3N6O4-2. The second-order valence-electron chi connectivity index (χ2n) is 26.7. The van der Waals surface area contributed by atoms with E-state index in [1.165, 1.54) is 105 Å². The van der Waals surface area contributed by atoms with E-state index in [9.17, 15) is 11.0 Å². The van der Waals surface area contributed by atoms with Crippen molar-refractivity contribution in [2.24, 2.45) is 0 Å². The van der Waals surface area contributed by atoms with Crippen LogP contribution in [0.15, 0.2) is 212 Å². The third kappa shape index (κ3) is 19.3. The molecule has 533 valence electrons. The topological polar surface area (TPSA) is 135 Å². The number of aryl methyl sites for hydroxylation is 3. The fourth-order valence-electron chi connectivity index (χ4n) is 12.2. The summed E-state index contributed by atoms with van der Waals surface area (Å²) in [4.78, 5) is 38.5. The van der Waals surface area contributed by atoms with Gasteiger partial charge in [0.1, 0.15) is 19.6 Å². The first-order chi connectivity index (χ1) is 53.1. The van der Waals surface area contributed by atoms with Crippen molar-refractivity contribution in [1.29, 1.82) is 0 Å². The van der Waals surface area contributed by atoms with Gasteiger partial charge in [-0.1, -0.05) is 137 Å². The molecule has 0 atom stereocenters. The molecule has 14 heteroatoms. The molecule has 0 fully saturated rings. The molecule has 0 saturated carbocycles. The summed E-state index contributed by atoms with van der Waals surface area (Å²) in [7, 11) is 0. The molecular weight excluding hydrogens is 1870 g/mol. The maximum Gasteiger partial charge on any atom is 0 e. The van der Waals surface area contributed by atoms with Crippen molar-refractivity contribution in [2.75, 3.05) is 0 Å². The van der Waals surface area contributed by atoms with Crippen LogP contribution < -0.4 is 8.80 Å². The van der Waals surface area contributed by atoms with Crippen molar-refractivity contribution in [2.45, 2.75) is 133 Å². The molecule has 0 aliphatic carbocycles. The number of imidazole rings is 1. The molecule has 5 aromatic heterocycles. The van der Waals surface area contributed by atoms with E-state index in [2.05, 4.69) is 159 Å². The molecule has 14 aromatic rings. The maximum absolute atomic E-state index is 10.0. The quantitative estimate of drug-likeness (QED) is 0.0383. The molecule has 3 radical (unpaired) electrons. The molecule has 0 unspecified atom stereocenters. The van der Waals surface area contributed by atoms with Crippen molar-refractivity contribution < 1.29 is 102 Å². The fraction of sp³-hybridized carbons (Fsp3) is 0.225. The Bertz CT molecular complexity index is 6120. The van der Waals surface area contributed by atoms with Crippen LogP contribution in [-0.4, -0.2) is 59.5 Å². The Morgan fingerprint density at radius 1 is 0.641 bits per heavy atom. The van der Waals surface area contributed by atoms with Crippen LogP contribution in [-0.2, 0) is 76.4 Å². The molecule has 0 bridgehead atoms. The van der Waals surface area contributed by atoms with E-state index in [1.807, 2.05) is 68.0 Å². The summed E-state index contributed by atoms with van der Waals surface area (Å²) in [5, 5.41) is 24.4. The second-order valence-corrected chi connectivity index (χ2v) is 37.3. The van der Waals surface area contributed by atoms with E-state index in [1.54, 1.807) is 0 Å². The number of fused-ring (bicyclic) bond motifs is 10. The number of nitrogens with zero attached hydrogens (tertiary/aromatic N) is 6. The van der Waals surface area contributed by atoms with Crippen LogP contribution in [0.5, 0.6) is 0 Å². The van der Waals surface area contributed by atoms with Crippen molar-refractivity contribution in [1.82, 2.24) is 24.5 Å². The predicted molar refractivity (Wildman–Crippen MR) is 419 cm³/mol. The van der Waals surface area contributed by atoms with Crippen LogP contribution >= 0.6 is 0 Å². The fourth-order valence-corrected chi connectivity index (χ4v) is 14.3. The van der Waals surface area contributed by atoms with Gasteiger partial charge in [0, 0.05) is 116 Å². The van der Waals surface area contributed by atoms with Gasteiger partial charge in [0.05, 0.1) is 40.5 Å². The Morgan fingerprint density at radius 2 is 1.32 bits per heavy atom. The zero-order valence-electron chi connectivity index (χ0n) is 73.5. The summed E-state index contributed by atoms with van der Waals surface area (Å²) in [5.74, 6) is 8.01. The zero-order chi connectivity index (χ0) is 83.1. The maximum atomic E-state index is 10.0. The number of pyridine rings is 3. The van der Waals surface area contributed by atoms with E-state index >= 15 is 0 Å². The Hall–Kier alpha value is -8.48. The van der Waals surface area contributed by atoms with E-state index in [-0.39, 0.29) is 183 Å². The number of benzene rings is 9. The van der Waals surface area contributed by atoms with Crippen LogP contribution in [0.1, 0.15) is 135 Å². The van der Waals surface area contributed by atoms with Gasteiger partial charge in [0.15, 0.2) is 17.3 Å². The number of rotatable bonds is 8. The van der Waals surface area contributed by atoms with E-state index < -0.39 is 37.8 Å². The minimum Gasteiger partial charge on any atom is 0 e. The molecule has 0 saturated heterocycles. The SMILES string of the molecule is CC(=O)C=C(C)O.CC(=O)C=C(C)O.Cc1[c-]c(-c2nccc3c(C(C)C)cc(C(C)C)cc23)cc(C)c1.Cc1cnc2c3[c-]cccc3c3ccccc3c2n1.[2H]c1c([2H])c(C)c(-c2c([2H])n3c4c5c(c([2H])c([2H])c([2H])c5c5c([2H])c(C)c([2H])c([2H])c5[n+]24)C3)c(C([2H])([2H])[2H])c1[2H].[CH3][Ge]([CH3])([CH3])[c]1ccc(-c2[c-]cccc2)nc1.[Ir].[Ir].[Ir]. The van der Waals surface area contributed by atoms with Gasteiger partial charge in [-0.15, -0.1) is 64.5 Å². The van der Waals surface area contributed by atoms with Crippen LogP contribution in [0.4, 0.5) is 0 Å². The van der Waals surface area contributed by atoms with E-state index in [0.717, 1.165) is 55.6 Å². The molecule has 9 aromatic carbocycles. The van der Waals surface area contributed by atoms with Gasteiger partial charge in [-0.2, -0.15) is 4.40 Å². The summed E-state index contributed by atoms with van der Waals surface area (Å²) >= 11 is -1.72. The van der Waals surface area contributed by atoms with Gasteiger partial charge >= 0.3 is 99.8 Å². The van der Waals surface area contributed by atoms with Gasteiger partial charge < -0.3 is 20.2 Å². The summed E-state index contributed by atoms with van der Waals surface area (Å²) < 4.78 is 115. The van der Waals surface area contributed by atoms with Crippen molar-refractivity contribution >= 4 is 99.9 Å². The van der Waals surface area contributed by atoms with Gasteiger partial charge in [-0.25, -0.2) is 4.57 Å². The molecule has 103 heavy (non-hydrogen) atoms. The van der Waals surface area contributed by atoms with Gasteiger partial charge in [0.2, 0.25) is 0 Å². The van der Waals surface area contributed by atoms with Gasteiger partial charge in [0.25, 0.3) is 5.65 Å². The predicted octanol–water partition coefficient (Wildman–Crippen LogP) is 21.3. The number of carbonyl (C=O) groups is 2. The second kappa shape index (κ2) is 35.8. The molecule has 1 aliphatic rings. The Balaban J connectivity index is 0.000000211. The van der Waals surface area contributed by atoms with Gasteiger partial charge in [-0.3, -0.25) is 14.6 Å². The van der Waals surface area contributed by atoms with Crippen molar-refractivity contribution in [3.63, 3.8) is 0 Å². The number of allylic oxidation sites excluding steroid dienone is 4. The first kappa shape index (κ1) is 64.1. The van der Waals surface area contributed by atoms with E-state index in [4.69, 9.17) is 31.6 Å². The number of aromatic nitrogens is 6. The number of hydrogen-bond acceptors (Lipinski definition) is 8. The largest absolute Gasteiger partial charge is 0 e. The van der Waals surface area contributed by atoms with Gasteiger partial charge in [-0.05, 0) is 129 Å². The smallest absolute Gasteiger partial charge is 0 e. The molecule has 10 nitrogen and oxygen atoms in total. The summed E-state index contributed by atoms with van der Waals surface area (Å²) in [5.41, 5.74) is 12.2. The first-order valence-electron chi connectivity index (χ1n) is 39.6. The monoisotopic (exact) mass is 1970 g/mol. The van der Waals surface area contributed by atoms with Crippen molar-refractivity contribution in [3.8, 4) is 33.8 Å². The minimum atomic E-state index is -2.91. The third-order valence-electron chi connectivity index (χ3n) is 16.6. The summed E-state index contributed by atoms with van der Waals surface area (Å²) in [6, 6.07) is 44.5. The Morgan fingerprint density at radius 3 is 1.94 bits per heavy atom. The van der Waals surface area contributed by atoms with Crippen LogP contribution in [0.25, 0.3) is 104 Å². The molecule has 1 aliphatic heterocycles. The molecule has 6 heterocycles. The number of aliphatic hydroxyl groups is 2. The first-order valence-corrected chi connectivity index (χ1v) is 40.5. The van der Waals surface area contributed by atoms with Crippen LogP contribution in [0, 0.1) is 59.7 Å². The Labute approximate surface area is 668 Å². The number of aliphatic hydroxyl groups excluding tert-OH is 2. The normalized spacial score (nSPS) is 13.4. The number of ketones is 2. The van der Waals surface area contributed by atoms with E-state index in [0.29, 0.717) is 22.8 Å². The zero-order valence-corrected chi connectivity index (χ0v) is 69.8. The standard InChI is InChI=1S/C25H21N2.C23H26N.C17H11N2.C14H16GeN.2C5H8O2.3Ir/c1-15-10-11-21-20(12-15)19-9-5-8-18-13-26-14-22(27(21)25(26)24(18)19)23-16(2)6-4-7-17(23)3;1-14(2)18-12-21(15(3)4)20-7-8-24-23(22(20)13-18)19-10-16(5)9-17(6)11-19;1-11-10-18-16-14-8-4-2-6-12(14)13-7-3-5-9-15(13)17(16)19-11;1-15(2,3)13-9-10-14(16-11-13)12-7-5-4-6-8-12;2*1-4(6)3-5(2)7;;;/h4-12,14H,13H2,1-3H3;7-10,12-15H,1-6H3;2-7,9-10H,1H3;4-7,9-11H,1-3H3;2*3,6H,1-2H3;;;/q+1;3*-1;;;;;/i2D3,4D,5D,6D,7D,8D,9D,10D,11D,12D,14D;;;;;;;;. The average Bonchev–Trinajstić information content (AvgIpc) is 1.50. The van der Waals surface area contributed by atoms with Crippen LogP contribution in [0.2, 0.25) is 17.3 Å². The third-order valence-corrected chi connectivity index (χ3v) is 20.9. The molecule has 15 rings (SSSR count).